The lowest BCUT2D eigenvalue weighted by Crippen LogP contribution is -2.30. The lowest BCUT2D eigenvalue weighted by molar-refractivity contribution is 0.0962. The molecule has 0 radical (unpaired) electrons. The van der Waals surface area contributed by atoms with Gasteiger partial charge in [-0.15, -0.1) is 0 Å². The van der Waals surface area contributed by atoms with Crippen LogP contribution in [0.2, 0.25) is 0 Å². The van der Waals surface area contributed by atoms with E-state index in [2.05, 4.69) is 42.1 Å². The number of rotatable bonds is 7. The summed E-state index contributed by atoms with van der Waals surface area (Å²) in [6.45, 7) is 0. The Balaban J connectivity index is 1.54. The van der Waals surface area contributed by atoms with Crippen LogP contribution < -0.4 is 21.9 Å². The number of nitrogen functional groups attached to an aromatic ring is 1. The highest BCUT2D eigenvalue weighted by Gasteiger charge is 2.17. The van der Waals surface area contributed by atoms with Crippen LogP contribution in [0.15, 0.2) is 95.7 Å². The fourth-order valence-corrected chi connectivity index (χ4v) is 3.45. The maximum atomic E-state index is 12.4. The molecule has 0 spiro atoms. The van der Waals surface area contributed by atoms with Gasteiger partial charge in [-0.1, -0.05) is 76.6 Å². The number of halogens is 1. The maximum absolute atomic E-state index is 12.4. The Morgan fingerprint density at radius 1 is 0.812 bits per heavy atom. The van der Waals surface area contributed by atoms with Crippen LogP contribution in [0.1, 0.15) is 27.5 Å². The van der Waals surface area contributed by atoms with E-state index in [4.69, 9.17) is 5.73 Å². The molecule has 1 amide bonds. The molecule has 0 atom stereocenters. The zero-order chi connectivity index (χ0) is 22.3. The third kappa shape index (κ3) is 5.04. The van der Waals surface area contributed by atoms with Gasteiger partial charge in [0.1, 0.15) is 12.0 Å². The fourth-order valence-electron chi connectivity index (χ4n) is 3.19. The number of hydrazine groups is 1. The van der Waals surface area contributed by atoms with E-state index in [1.54, 1.807) is 24.3 Å². The standard InChI is InChI=1S/C24H21BrN6O/c25-19-13-11-18(12-14-19)24(32)31-30-23-20(26)22(27-15-28-23)29-21(16-7-3-1-4-8-16)17-9-5-2-6-10-17/h1-15,21H,26H2,(H,31,32)(H2,27,28,29,30). The van der Waals surface area contributed by atoms with Crippen molar-refractivity contribution in [3.05, 3.63) is 112 Å². The van der Waals surface area contributed by atoms with Crippen LogP contribution in [0.5, 0.6) is 0 Å². The molecule has 1 heterocycles. The Labute approximate surface area is 194 Å². The third-order valence-electron chi connectivity index (χ3n) is 4.83. The number of hydrogen-bond donors (Lipinski definition) is 4. The topological polar surface area (TPSA) is 105 Å². The summed E-state index contributed by atoms with van der Waals surface area (Å²) in [4.78, 5) is 20.9. The van der Waals surface area contributed by atoms with Crippen molar-refractivity contribution >= 4 is 39.2 Å². The predicted molar refractivity (Wildman–Crippen MR) is 130 cm³/mol. The summed E-state index contributed by atoms with van der Waals surface area (Å²) < 4.78 is 0.893. The van der Waals surface area contributed by atoms with Crippen molar-refractivity contribution in [1.82, 2.24) is 15.4 Å². The lowest BCUT2D eigenvalue weighted by Gasteiger charge is -2.22. The first kappa shape index (κ1) is 21.3. The zero-order valence-electron chi connectivity index (χ0n) is 17.0. The molecule has 0 bridgehead atoms. The average molecular weight is 489 g/mol. The quantitative estimate of drug-likeness (QED) is 0.279. The van der Waals surface area contributed by atoms with E-state index in [1.807, 2.05) is 60.7 Å². The number of nitrogens with zero attached hydrogens (tertiary/aromatic N) is 2. The van der Waals surface area contributed by atoms with Gasteiger partial charge >= 0.3 is 0 Å². The van der Waals surface area contributed by atoms with Crippen LogP contribution in [-0.2, 0) is 0 Å². The van der Waals surface area contributed by atoms with Crippen molar-refractivity contribution in [3.63, 3.8) is 0 Å². The van der Waals surface area contributed by atoms with E-state index in [-0.39, 0.29) is 11.9 Å². The minimum absolute atomic E-state index is 0.167. The normalized spacial score (nSPS) is 10.6. The number of nitrogens with one attached hydrogen (secondary N) is 3. The van der Waals surface area contributed by atoms with Crippen molar-refractivity contribution < 1.29 is 4.79 Å². The van der Waals surface area contributed by atoms with Crippen molar-refractivity contribution in [1.29, 1.82) is 0 Å². The first-order valence-electron chi connectivity index (χ1n) is 9.90. The number of nitrogens with two attached hydrogens (primary N) is 1. The predicted octanol–water partition coefficient (Wildman–Crippen LogP) is 4.78. The van der Waals surface area contributed by atoms with Crippen LogP contribution in [0.3, 0.4) is 0 Å². The molecule has 4 aromatic rings. The van der Waals surface area contributed by atoms with Crippen LogP contribution >= 0.6 is 15.9 Å². The summed E-state index contributed by atoms with van der Waals surface area (Å²) >= 11 is 3.35. The summed E-state index contributed by atoms with van der Waals surface area (Å²) in [5, 5.41) is 3.41. The van der Waals surface area contributed by atoms with E-state index in [0.717, 1.165) is 15.6 Å². The van der Waals surface area contributed by atoms with Gasteiger partial charge in [0.15, 0.2) is 11.6 Å². The molecule has 4 rings (SSSR count). The molecule has 0 saturated carbocycles. The monoisotopic (exact) mass is 488 g/mol. The van der Waals surface area contributed by atoms with E-state index in [1.165, 1.54) is 6.33 Å². The summed E-state index contributed by atoms with van der Waals surface area (Å²) in [5.41, 5.74) is 14.7. The van der Waals surface area contributed by atoms with E-state index >= 15 is 0 Å². The second-order valence-corrected chi connectivity index (χ2v) is 7.88. The van der Waals surface area contributed by atoms with Gasteiger partial charge in [-0.05, 0) is 35.4 Å². The smallest absolute Gasteiger partial charge is 0.269 e. The first-order valence-corrected chi connectivity index (χ1v) is 10.7. The van der Waals surface area contributed by atoms with Gasteiger partial charge in [0.05, 0.1) is 6.04 Å². The second-order valence-electron chi connectivity index (χ2n) is 6.97. The molecule has 32 heavy (non-hydrogen) atoms. The van der Waals surface area contributed by atoms with Gasteiger partial charge in [-0.25, -0.2) is 9.97 Å². The third-order valence-corrected chi connectivity index (χ3v) is 5.36. The summed E-state index contributed by atoms with van der Waals surface area (Å²) in [5.74, 6) is 0.447. The minimum atomic E-state index is -0.309. The number of aromatic nitrogens is 2. The van der Waals surface area contributed by atoms with Crippen LogP contribution in [0.4, 0.5) is 17.3 Å². The van der Waals surface area contributed by atoms with E-state index in [0.29, 0.717) is 22.9 Å². The molecule has 160 valence electrons. The van der Waals surface area contributed by atoms with Gasteiger partial charge in [0.2, 0.25) is 0 Å². The van der Waals surface area contributed by atoms with Gasteiger partial charge in [-0.2, -0.15) is 0 Å². The number of hydrogen-bond acceptors (Lipinski definition) is 6. The number of anilines is 3. The Hall–Kier alpha value is -3.91. The largest absolute Gasteiger partial charge is 0.393 e. The van der Waals surface area contributed by atoms with Crippen LogP contribution in [0.25, 0.3) is 0 Å². The minimum Gasteiger partial charge on any atom is -0.393 e. The fraction of sp³-hybridized carbons (Fsp3) is 0.0417. The number of amides is 1. The van der Waals surface area contributed by atoms with Crippen LogP contribution in [-0.4, -0.2) is 15.9 Å². The average Bonchev–Trinajstić information content (AvgIpc) is 2.84. The molecule has 8 heteroatoms. The highest BCUT2D eigenvalue weighted by atomic mass is 79.9. The van der Waals surface area contributed by atoms with E-state index in [9.17, 15) is 4.79 Å². The van der Waals surface area contributed by atoms with E-state index < -0.39 is 0 Å². The Morgan fingerprint density at radius 2 is 1.38 bits per heavy atom. The first-order chi connectivity index (χ1) is 15.6. The molecule has 1 aromatic heterocycles. The molecule has 0 aliphatic heterocycles. The van der Waals surface area contributed by atoms with Gasteiger partial charge in [0.25, 0.3) is 5.91 Å². The lowest BCUT2D eigenvalue weighted by atomic mass is 9.99. The van der Waals surface area contributed by atoms with Crippen molar-refractivity contribution in [2.45, 2.75) is 6.04 Å². The Bertz CT molecular complexity index is 1150. The van der Waals surface area contributed by atoms with Crippen molar-refractivity contribution in [3.8, 4) is 0 Å². The van der Waals surface area contributed by atoms with Gasteiger partial charge in [0, 0.05) is 10.0 Å². The number of carbonyl (C=O) groups excluding carboxylic acids is 1. The molecule has 0 aliphatic carbocycles. The summed E-state index contributed by atoms with van der Waals surface area (Å²) in [7, 11) is 0. The molecule has 0 fully saturated rings. The molecular weight excluding hydrogens is 468 g/mol. The second kappa shape index (κ2) is 9.93. The molecule has 5 N–H and O–H groups in total. The molecule has 7 nitrogen and oxygen atoms in total. The number of benzene rings is 3. The Kier molecular flexibility index (Phi) is 6.62. The number of carbonyl (C=O) groups is 1. The van der Waals surface area contributed by atoms with Crippen LogP contribution in [0, 0.1) is 0 Å². The van der Waals surface area contributed by atoms with Crippen molar-refractivity contribution in [2.24, 2.45) is 0 Å². The Morgan fingerprint density at radius 3 is 1.97 bits per heavy atom. The van der Waals surface area contributed by atoms with Gasteiger partial charge < -0.3 is 11.1 Å². The highest BCUT2D eigenvalue weighted by molar-refractivity contribution is 9.10. The van der Waals surface area contributed by atoms with Gasteiger partial charge in [-0.3, -0.25) is 15.6 Å². The SMILES string of the molecule is Nc1c(NNC(=O)c2ccc(Br)cc2)ncnc1NC(c1ccccc1)c1ccccc1. The maximum Gasteiger partial charge on any atom is 0.269 e. The highest BCUT2D eigenvalue weighted by Crippen LogP contribution is 2.30. The molecule has 3 aromatic carbocycles. The molecule has 0 unspecified atom stereocenters. The molecule has 0 saturated heterocycles. The molecule has 0 aliphatic rings. The van der Waals surface area contributed by atoms with Crippen molar-refractivity contribution in [2.75, 3.05) is 16.5 Å². The zero-order valence-corrected chi connectivity index (χ0v) is 18.6. The molecular formula is C24H21BrN6O. The summed E-state index contributed by atoms with van der Waals surface area (Å²) in [6, 6.07) is 26.9. The summed E-state index contributed by atoms with van der Waals surface area (Å²) in [6.07, 6.45) is 1.39.